The van der Waals surface area contributed by atoms with Crippen LogP contribution in [0.4, 0.5) is 0 Å². The Hall–Kier alpha value is -2.06. The monoisotopic (exact) mass is 308 g/mol. The van der Waals surface area contributed by atoms with Crippen molar-refractivity contribution in [1.29, 1.82) is 0 Å². The van der Waals surface area contributed by atoms with Crippen LogP contribution in [0.3, 0.4) is 0 Å². The van der Waals surface area contributed by atoms with E-state index in [0.717, 1.165) is 17.8 Å². The zero-order chi connectivity index (χ0) is 15.8. The largest absolute Gasteiger partial charge is 0.360 e. The molecule has 1 aliphatic rings. The molecule has 0 radical (unpaired) electrons. The lowest BCUT2D eigenvalue weighted by Gasteiger charge is -2.34. The summed E-state index contributed by atoms with van der Waals surface area (Å²) in [6.07, 6.45) is 10.2. The molecule has 0 bridgehead atoms. The van der Waals surface area contributed by atoms with Crippen LogP contribution in [0.15, 0.2) is 34.7 Å². The lowest BCUT2D eigenvalue weighted by Crippen LogP contribution is -2.47. The summed E-state index contributed by atoms with van der Waals surface area (Å²) in [4.78, 5) is 15.6. The normalized spacial score (nSPS) is 16.0. The van der Waals surface area contributed by atoms with Crippen LogP contribution in [-0.2, 0) is 4.79 Å². The molecule has 1 aliphatic heterocycles. The highest BCUT2D eigenvalue weighted by Crippen LogP contribution is 2.18. The van der Waals surface area contributed by atoms with Gasteiger partial charge in [0.2, 0.25) is 5.91 Å². The summed E-state index contributed by atoms with van der Waals surface area (Å²) in [5.74, 6) is 0.111. The summed E-state index contributed by atoms with van der Waals surface area (Å²) in [5, 5.41) is 0.545. The van der Waals surface area contributed by atoms with Gasteiger partial charge in [0, 0.05) is 43.1 Å². The molecule has 1 rings (SSSR count). The summed E-state index contributed by atoms with van der Waals surface area (Å²) >= 11 is 6.18. The lowest BCUT2D eigenvalue weighted by molar-refractivity contribution is -0.133. The minimum Gasteiger partial charge on any atom is -0.360 e. The van der Waals surface area contributed by atoms with Gasteiger partial charge in [0.1, 0.15) is 0 Å². The van der Waals surface area contributed by atoms with E-state index in [0.29, 0.717) is 18.1 Å². The number of nitrogens with zero attached hydrogens (tertiary/aromatic N) is 2. The zero-order valence-corrected chi connectivity index (χ0v) is 13.4. The molecule has 0 aromatic rings. The van der Waals surface area contributed by atoms with Crippen molar-refractivity contribution in [3.8, 4) is 12.5 Å². The van der Waals surface area contributed by atoms with Crippen molar-refractivity contribution < 1.29 is 4.79 Å². The molecule has 0 aliphatic carbocycles. The van der Waals surface area contributed by atoms with Gasteiger partial charge in [-0.3, -0.25) is 10.2 Å². The third kappa shape index (κ3) is 5.44. The first-order chi connectivity index (χ1) is 9.95. The van der Waals surface area contributed by atoms with E-state index in [1.165, 1.54) is 0 Å². The van der Waals surface area contributed by atoms with Crippen LogP contribution in [0.25, 0.3) is 0 Å². The maximum absolute atomic E-state index is 11.8. The van der Waals surface area contributed by atoms with Gasteiger partial charge >= 0.3 is 0 Å². The van der Waals surface area contributed by atoms with E-state index in [9.17, 15) is 4.79 Å². The number of hydrogen-bond acceptors (Lipinski definition) is 4. The van der Waals surface area contributed by atoms with Gasteiger partial charge in [0.15, 0.2) is 0 Å². The van der Waals surface area contributed by atoms with Crippen LogP contribution in [0.2, 0.25) is 0 Å². The molecule has 1 amide bonds. The Balaban J connectivity index is 2.80. The van der Waals surface area contributed by atoms with Crippen molar-refractivity contribution in [3.63, 3.8) is 0 Å². The quantitative estimate of drug-likeness (QED) is 0.265. The van der Waals surface area contributed by atoms with E-state index in [1.807, 2.05) is 31.9 Å². The molecule has 0 aromatic heterocycles. The van der Waals surface area contributed by atoms with Crippen molar-refractivity contribution in [2.75, 3.05) is 26.7 Å². The van der Waals surface area contributed by atoms with Crippen molar-refractivity contribution >= 4 is 17.5 Å². The third-order valence-corrected chi connectivity index (χ3v) is 3.29. The second-order valence-electron chi connectivity index (χ2n) is 4.90. The van der Waals surface area contributed by atoms with Gasteiger partial charge in [-0.2, -0.15) is 0 Å². The fraction of sp³-hybridized carbons (Fsp3) is 0.400. The molecule has 1 saturated heterocycles. The summed E-state index contributed by atoms with van der Waals surface area (Å²) in [6, 6.07) is 2.23. The first-order valence-corrected chi connectivity index (χ1v) is 6.99. The van der Waals surface area contributed by atoms with Gasteiger partial charge in [-0.15, -0.1) is 0 Å². The number of piperazine rings is 1. The van der Waals surface area contributed by atoms with Crippen LogP contribution in [-0.4, -0.2) is 42.4 Å². The Morgan fingerprint density at radius 1 is 1.43 bits per heavy atom. The van der Waals surface area contributed by atoms with Gasteiger partial charge in [-0.05, 0) is 26.0 Å². The summed E-state index contributed by atoms with van der Waals surface area (Å²) < 4.78 is 0. The van der Waals surface area contributed by atoms with Crippen LogP contribution in [0, 0.1) is 12.5 Å². The number of hydrazine groups is 1. The van der Waals surface area contributed by atoms with Gasteiger partial charge in [0.25, 0.3) is 0 Å². The van der Waals surface area contributed by atoms with Gasteiger partial charge in [-0.1, -0.05) is 23.6 Å². The Morgan fingerprint density at radius 3 is 2.71 bits per heavy atom. The lowest BCUT2D eigenvalue weighted by atomic mass is 10.2. The Bertz CT molecular complexity index is 512. The van der Waals surface area contributed by atoms with Crippen molar-refractivity contribution in [2.24, 2.45) is 0 Å². The number of allylic oxidation sites excluding steroid dienone is 4. The molecule has 0 unspecified atom stereocenters. The highest BCUT2D eigenvalue weighted by atomic mass is 35.5. The number of nitrogens with one attached hydrogen (secondary N) is 2. The molecule has 0 spiro atoms. The maximum atomic E-state index is 11.8. The first-order valence-electron chi connectivity index (χ1n) is 6.62. The number of terminal acetylenes is 1. The van der Waals surface area contributed by atoms with Crippen LogP contribution in [0.1, 0.15) is 13.8 Å². The van der Waals surface area contributed by atoms with Crippen LogP contribution >= 0.6 is 11.6 Å². The average molecular weight is 309 g/mol. The van der Waals surface area contributed by atoms with E-state index in [1.54, 1.807) is 17.2 Å². The fourth-order valence-electron chi connectivity index (χ4n) is 1.90. The van der Waals surface area contributed by atoms with Crippen LogP contribution < -0.4 is 10.9 Å². The van der Waals surface area contributed by atoms with E-state index in [-0.39, 0.29) is 5.91 Å². The van der Waals surface area contributed by atoms with E-state index < -0.39 is 0 Å². The number of hydrogen-bond donors (Lipinski definition) is 2. The number of amides is 1. The minimum absolute atomic E-state index is 0.111. The predicted octanol–water partition coefficient (Wildman–Crippen LogP) is 1.38. The molecule has 1 fully saturated rings. The third-order valence-electron chi connectivity index (χ3n) is 3.06. The highest BCUT2D eigenvalue weighted by molar-refractivity contribution is 6.31. The van der Waals surface area contributed by atoms with Crippen LogP contribution in [0.5, 0.6) is 0 Å². The Morgan fingerprint density at radius 2 is 2.14 bits per heavy atom. The number of halogens is 1. The van der Waals surface area contributed by atoms with E-state index in [2.05, 4.69) is 16.9 Å². The number of carbonyl (C=O) groups is 1. The highest BCUT2D eigenvalue weighted by Gasteiger charge is 2.22. The van der Waals surface area contributed by atoms with Gasteiger partial charge < -0.3 is 15.2 Å². The van der Waals surface area contributed by atoms with Crippen molar-refractivity contribution in [1.82, 2.24) is 20.7 Å². The van der Waals surface area contributed by atoms with Gasteiger partial charge in [0.05, 0.1) is 6.54 Å². The standard InChI is InChI=1S/C15H21ClN4O/c1-5-17-18-7-6-13(16)10-14(12(2)3)20-9-8-19(4)15(21)11-20/h1,6-7,10,17-18H,8-9,11H2,2-4H3/b7-6+,13-10+. The molecule has 0 atom stereocenters. The summed E-state index contributed by atoms with van der Waals surface area (Å²) in [5.41, 5.74) is 7.24. The molecule has 0 aromatic carbocycles. The van der Waals surface area contributed by atoms with Crippen molar-refractivity contribution in [2.45, 2.75) is 13.8 Å². The smallest absolute Gasteiger partial charge is 0.241 e. The molecule has 2 N–H and O–H groups in total. The Labute approximate surface area is 131 Å². The molecule has 6 heteroatoms. The predicted molar refractivity (Wildman–Crippen MR) is 85.8 cm³/mol. The molecule has 21 heavy (non-hydrogen) atoms. The fourth-order valence-corrected chi connectivity index (χ4v) is 2.07. The van der Waals surface area contributed by atoms with E-state index in [4.69, 9.17) is 18.0 Å². The topological polar surface area (TPSA) is 47.6 Å². The molecule has 5 nitrogen and oxygen atoms in total. The zero-order valence-electron chi connectivity index (χ0n) is 12.6. The molecule has 114 valence electrons. The SMILES string of the molecule is C#CNN/C=C/C(Cl)=C\C(=C(C)C)N1CCN(C)C(=O)C1. The first kappa shape index (κ1) is 17.0. The molecule has 1 heterocycles. The number of carbonyl (C=O) groups excluding carboxylic acids is 1. The second-order valence-corrected chi connectivity index (χ2v) is 5.33. The minimum atomic E-state index is 0.111. The Kier molecular flexibility index (Phi) is 6.70. The molecular formula is C15H21ClN4O. The molecular weight excluding hydrogens is 288 g/mol. The second kappa shape index (κ2) is 8.28. The molecule has 0 saturated carbocycles. The number of likely N-dealkylation sites (N-methyl/N-ethyl adjacent to an activating group) is 1. The maximum Gasteiger partial charge on any atom is 0.241 e. The average Bonchev–Trinajstić information content (AvgIpc) is 2.44. The van der Waals surface area contributed by atoms with Gasteiger partial charge in [-0.25, -0.2) is 0 Å². The van der Waals surface area contributed by atoms with E-state index >= 15 is 0 Å². The summed E-state index contributed by atoms with van der Waals surface area (Å²) in [6.45, 7) is 5.88. The summed E-state index contributed by atoms with van der Waals surface area (Å²) in [7, 11) is 1.82. The number of rotatable bonds is 5. The van der Waals surface area contributed by atoms with Crippen molar-refractivity contribution in [3.05, 3.63) is 34.7 Å².